The fraction of sp³-hybridized carbons (Fsp3) is 0.533. The first-order valence-electron chi connectivity index (χ1n) is 7.71. The van der Waals surface area contributed by atoms with Crippen molar-refractivity contribution in [2.45, 2.75) is 30.7 Å². The number of aromatic nitrogens is 1. The zero-order valence-electron chi connectivity index (χ0n) is 13.2. The second-order valence-electron chi connectivity index (χ2n) is 6.07. The van der Waals surface area contributed by atoms with Gasteiger partial charge in [0.2, 0.25) is 10.0 Å². The second-order valence-corrected chi connectivity index (χ2v) is 7.79. The molecular formula is C15H21N3O4S. The third-order valence-corrected chi connectivity index (χ3v) is 6.01. The van der Waals surface area contributed by atoms with Gasteiger partial charge >= 0.3 is 5.76 Å². The van der Waals surface area contributed by atoms with Crippen LogP contribution in [0.4, 0.5) is 0 Å². The van der Waals surface area contributed by atoms with Crippen molar-refractivity contribution in [3.8, 4) is 0 Å². The van der Waals surface area contributed by atoms with Crippen LogP contribution >= 0.6 is 0 Å². The summed E-state index contributed by atoms with van der Waals surface area (Å²) in [7, 11) is -2.07. The lowest BCUT2D eigenvalue weighted by molar-refractivity contribution is 0.320. The van der Waals surface area contributed by atoms with Crippen molar-refractivity contribution >= 4 is 21.1 Å². The van der Waals surface area contributed by atoms with E-state index in [-0.39, 0.29) is 22.4 Å². The maximum atomic E-state index is 12.6. The van der Waals surface area contributed by atoms with Gasteiger partial charge < -0.3 is 9.73 Å². The number of sulfonamides is 1. The number of aryl methyl sites for hydroxylation is 1. The Morgan fingerprint density at radius 2 is 2.22 bits per heavy atom. The van der Waals surface area contributed by atoms with Crippen LogP contribution in [-0.4, -0.2) is 32.1 Å². The van der Waals surface area contributed by atoms with Crippen LogP contribution in [0, 0.1) is 5.92 Å². The van der Waals surface area contributed by atoms with E-state index >= 15 is 0 Å². The zero-order valence-corrected chi connectivity index (χ0v) is 14.0. The van der Waals surface area contributed by atoms with Crippen LogP contribution in [0.2, 0.25) is 0 Å². The van der Waals surface area contributed by atoms with E-state index < -0.39 is 15.8 Å². The zero-order chi connectivity index (χ0) is 16.6. The van der Waals surface area contributed by atoms with Gasteiger partial charge in [-0.3, -0.25) is 4.57 Å². The second kappa shape index (κ2) is 6.10. The summed E-state index contributed by atoms with van der Waals surface area (Å²) in [5.41, 5.74) is 0.839. The average Bonchev–Trinajstić information content (AvgIpc) is 2.82. The van der Waals surface area contributed by atoms with E-state index in [0.29, 0.717) is 5.52 Å². The number of nitrogens with zero attached hydrogens (tertiary/aromatic N) is 1. The van der Waals surface area contributed by atoms with Crippen LogP contribution in [0.25, 0.3) is 11.1 Å². The Hall–Kier alpha value is -1.64. The number of piperidine rings is 1. The molecule has 1 aliphatic heterocycles. The molecule has 1 saturated heterocycles. The first-order chi connectivity index (χ1) is 10.9. The molecule has 1 aromatic carbocycles. The van der Waals surface area contributed by atoms with Crippen molar-refractivity contribution < 1.29 is 12.8 Å². The van der Waals surface area contributed by atoms with Gasteiger partial charge in [-0.2, -0.15) is 0 Å². The summed E-state index contributed by atoms with van der Waals surface area (Å²) < 4.78 is 34.3. The van der Waals surface area contributed by atoms with Gasteiger partial charge in [0.15, 0.2) is 5.58 Å². The lowest BCUT2D eigenvalue weighted by Crippen LogP contribution is -2.44. The molecule has 0 aliphatic carbocycles. The Balaban J connectivity index is 1.85. The van der Waals surface area contributed by atoms with Gasteiger partial charge in [-0.25, -0.2) is 17.9 Å². The molecule has 2 N–H and O–H groups in total. The Bertz CT molecular complexity index is 862. The lowest BCUT2D eigenvalue weighted by atomic mass is 9.94. The maximum Gasteiger partial charge on any atom is 0.419 e. The highest BCUT2D eigenvalue weighted by molar-refractivity contribution is 7.89. The first kappa shape index (κ1) is 16.2. The molecule has 0 bridgehead atoms. The van der Waals surface area contributed by atoms with E-state index in [4.69, 9.17) is 4.42 Å². The number of rotatable bonds is 4. The van der Waals surface area contributed by atoms with Crippen molar-refractivity contribution in [2.24, 2.45) is 13.0 Å². The van der Waals surface area contributed by atoms with E-state index in [0.717, 1.165) is 25.9 Å². The number of nitrogens with one attached hydrogen (secondary N) is 2. The van der Waals surface area contributed by atoms with E-state index in [1.807, 2.05) is 6.92 Å². The number of oxazole rings is 1. The Kier molecular flexibility index (Phi) is 4.31. The van der Waals surface area contributed by atoms with Gasteiger partial charge in [-0.05, 0) is 50.9 Å². The van der Waals surface area contributed by atoms with Crippen molar-refractivity contribution in [2.75, 3.05) is 13.1 Å². The molecule has 2 unspecified atom stereocenters. The molecular weight excluding hydrogens is 318 g/mol. The van der Waals surface area contributed by atoms with Crippen LogP contribution in [0.5, 0.6) is 0 Å². The largest absolute Gasteiger partial charge is 0.419 e. The van der Waals surface area contributed by atoms with Crippen molar-refractivity contribution in [1.82, 2.24) is 14.6 Å². The SMILES string of the molecule is CC(NS(=O)(=O)c1ccc2c(c1)oc(=O)n2C)C1CCCNC1. The number of hydrogen-bond acceptors (Lipinski definition) is 5. The molecule has 1 fully saturated rings. The predicted molar refractivity (Wildman–Crippen MR) is 86.8 cm³/mol. The molecule has 0 amide bonds. The minimum Gasteiger partial charge on any atom is -0.408 e. The normalized spacial score (nSPS) is 20.7. The average molecular weight is 339 g/mol. The Morgan fingerprint density at radius 3 is 2.91 bits per heavy atom. The molecule has 2 aromatic rings. The maximum absolute atomic E-state index is 12.6. The van der Waals surface area contributed by atoms with Crippen LogP contribution in [0.1, 0.15) is 19.8 Å². The molecule has 8 heteroatoms. The highest BCUT2D eigenvalue weighted by atomic mass is 32.2. The van der Waals surface area contributed by atoms with Crippen LogP contribution < -0.4 is 15.8 Å². The van der Waals surface area contributed by atoms with Crippen molar-refractivity contribution in [1.29, 1.82) is 0 Å². The minimum absolute atomic E-state index is 0.106. The van der Waals surface area contributed by atoms with Gasteiger partial charge in [-0.15, -0.1) is 0 Å². The summed E-state index contributed by atoms with van der Waals surface area (Å²) in [5.74, 6) is -0.235. The monoisotopic (exact) mass is 339 g/mol. The molecule has 7 nitrogen and oxygen atoms in total. The van der Waals surface area contributed by atoms with E-state index in [1.54, 1.807) is 13.1 Å². The van der Waals surface area contributed by atoms with Crippen LogP contribution in [0.15, 0.2) is 32.3 Å². The third kappa shape index (κ3) is 3.19. The van der Waals surface area contributed by atoms with Crippen molar-refractivity contribution in [3.63, 3.8) is 0 Å². The lowest BCUT2D eigenvalue weighted by Gasteiger charge is -2.28. The fourth-order valence-corrected chi connectivity index (χ4v) is 4.32. The van der Waals surface area contributed by atoms with E-state index in [9.17, 15) is 13.2 Å². The number of hydrogen-bond donors (Lipinski definition) is 2. The van der Waals surface area contributed by atoms with Crippen molar-refractivity contribution in [3.05, 3.63) is 28.7 Å². The van der Waals surface area contributed by atoms with Gasteiger partial charge in [0.25, 0.3) is 0 Å². The quantitative estimate of drug-likeness (QED) is 0.859. The van der Waals surface area contributed by atoms with E-state index in [1.165, 1.54) is 16.7 Å². The molecule has 1 aliphatic rings. The van der Waals surface area contributed by atoms with Gasteiger partial charge in [-0.1, -0.05) is 0 Å². The molecule has 3 rings (SSSR count). The molecule has 23 heavy (non-hydrogen) atoms. The highest BCUT2D eigenvalue weighted by Gasteiger charge is 2.25. The first-order valence-corrected chi connectivity index (χ1v) is 9.19. The number of benzene rings is 1. The highest BCUT2D eigenvalue weighted by Crippen LogP contribution is 2.20. The van der Waals surface area contributed by atoms with Gasteiger partial charge in [0.1, 0.15) is 0 Å². The Morgan fingerprint density at radius 1 is 1.43 bits per heavy atom. The third-order valence-electron chi connectivity index (χ3n) is 4.46. The Labute approximate surface area is 134 Å². The van der Waals surface area contributed by atoms with E-state index in [2.05, 4.69) is 10.0 Å². The van der Waals surface area contributed by atoms with Crippen LogP contribution in [-0.2, 0) is 17.1 Å². The molecule has 0 spiro atoms. The van der Waals surface area contributed by atoms with Gasteiger partial charge in [0.05, 0.1) is 10.4 Å². The molecule has 0 saturated carbocycles. The fourth-order valence-electron chi connectivity index (χ4n) is 3.00. The smallest absolute Gasteiger partial charge is 0.408 e. The predicted octanol–water partition coefficient (Wildman–Crippen LogP) is 0.798. The molecule has 2 atom stereocenters. The number of fused-ring (bicyclic) bond motifs is 1. The van der Waals surface area contributed by atoms with Crippen LogP contribution in [0.3, 0.4) is 0 Å². The molecule has 2 heterocycles. The summed E-state index contributed by atoms with van der Waals surface area (Å²) in [6.07, 6.45) is 2.06. The standard InChI is InChI=1S/C15H21N3O4S/c1-10(11-4-3-7-16-9-11)17-23(20,21)12-5-6-13-14(8-12)22-15(19)18(13)2/h5-6,8,10-11,16-17H,3-4,7,9H2,1-2H3. The summed E-state index contributed by atoms with van der Waals surface area (Å²) >= 11 is 0. The summed E-state index contributed by atoms with van der Waals surface area (Å²) in [6, 6.07) is 4.31. The molecule has 0 radical (unpaired) electrons. The summed E-state index contributed by atoms with van der Waals surface area (Å²) in [5, 5.41) is 3.29. The topological polar surface area (TPSA) is 93.3 Å². The summed E-state index contributed by atoms with van der Waals surface area (Å²) in [6.45, 7) is 3.69. The van der Waals surface area contributed by atoms with Gasteiger partial charge in [0, 0.05) is 19.2 Å². The molecule has 126 valence electrons. The summed E-state index contributed by atoms with van der Waals surface area (Å²) in [4.78, 5) is 11.6. The molecule has 1 aromatic heterocycles. The minimum atomic E-state index is -3.65.